The van der Waals surface area contributed by atoms with Crippen LogP contribution in [0.2, 0.25) is 0 Å². The molecule has 3 aromatic rings. The molecule has 3 aliphatic carbocycles. The second kappa shape index (κ2) is 4.50. The van der Waals surface area contributed by atoms with Crippen molar-refractivity contribution in [1.82, 2.24) is 0 Å². The molecule has 6 rings (SSSR count). The predicted molar refractivity (Wildman–Crippen MR) is 86.2 cm³/mol. The summed E-state index contributed by atoms with van der Waals surface area (Å²) in [7, 11) is 0. The maximum Gasteiger partial charge on any atom is 0.416 e. The lowest BCUT2D eigenvalue weighted by atomic mass is 9.61. The number of halogens is 3. The maximum atomic E-state index is 13.2. The van der Waals surface area contributed by atoms with Crippen LogP contribution < -0.4 is 0 Å². The number of alkyl halides is 3. The lowest BCUT2D eigenvalue weighted by Crippen LogP contribution is -2.27. The van der Waals surface area contributed by atoms with Gasteiger partial charge in [-0.15, -0.1) is 0 Å². The molecular formula is C21H13F3. The van der Waals surface area contributed by atoms with Gasteiger partial charge in [-0.2, -0.15) is 13.2 Å². The summed E-state index contributed by atoms with van der Waals surface area (Å²) in [4.78, 5) is 0. The third-order valence-electron chi connectivity index (χ3n) is 5.27. The molecule has 3 aliphatic rings. The van der Waals surface area contributed by atoms with Crippen LogP contribution in [0.5, 0.6) is 0 Å². The molecule has 0 spiro atoms. The van der Waals surface area contributed by atoms with Gasteiger partial charge in [-0.25, -0.2) is 0 Å². The normalized spacial score (nSPS) is 20.3. The summed E-state index contributed by atoms with van der Waals surface area (Å²) in [6, 6.07) is 20.5. The van der Waals surface area contributed by atoms with Gasteiger partial charge >= 0.3 is 6.18 Å². The van der Waals surface area contributed by atoms with Crippen LogP contribution in [0.25, 0.3) is 0 Å². The summed E-state index contributed by atoms with van der Waals surface area (Å²) in [6.07, 6.45) is -4.31. The van der Waals surface area contributed by atoms with E-state index in [1.165, 1.54) is 23.3 Å². The standard InChI is InChI=1S/C21H13F3/c22-21(23,24)12-9-10-17-18(11-12)20-15-7-3-1-5-13(15)19(17)14-6-2-4-8-16(14)20/h1-11,19-20H. The first kappa shape index (κ1) is 13.8. The van der Waals surface area contributed by atoms with Gasteiger partial charge in [0.05, 0.1) is 5.56 Å². The van der Waals surface area contributed by atoms with E-state index in [1.54, 1.807) is 6.07 Å². The Morgan fingerprint density at radius 3 is 1.42 bits per heavy atom. The lowest BCUT2D eigenvalue weighted by molar-refractivity contribution is -0.137. The summed E-state index contributed by atoms with van der Waals surface area (Å²) in [5.41, 5.74) is 5.93. The van der Waals surface area contributed by atoms with Crippen molar-refractivity contribution in [3.63, 3.8) is 0 Å². The minimum atomic E-state index is -4.31. The monoisotopic (exact) mass is 322 g/mol. The summed E-state index contributed by atoms with van der Waals surface area (Å²) < 4.78 is 39.6. The van der Waals surface area contributed by atoms with Crippen LogP contribution in [-0.2, 0) is 6.18 Å². The predicted octanol–water partition coefficient (Wildman–Crippen LogP) is 5.69. The molecule has 24 heavy (non-hydrogen) atoms. The Morgan fingerprint density at radius 2 is 0.958 bits per heavy atom. The van der Waals surface area contributed by atoms with Crippen molar-refractivity contribution < 1.29 is 13.2 Å². The van der Waals surface area contributed by atoms with E-state index in [0.717, 1.165) is 22.3 Å². The topological polar surface area (TPSA) is 0 Å². The fourth-order valence-corrected chi connectivity index (χ4v) is 4.34. The molecule has 0 nitrogen and oxygen atoms in total. The van der Waals surface area contributed by atoms with E-state index in [2.05, 4.69) is 12.1 Å². The molecule has 0 N–H and O–H groups in total. The van der Waals surface area contributed by atoms with Gasteiger partial charge in [0.1, 0.15) is 0 Å². The Balaban J connectivity index is 1.83. The highest BCUT2D eigenvalue weighted by Crippen LogP contribution is 2.56. The Bertz CT molecular complexity index is 921. The third-order valence-corrected chi connectivity index (χ3v) is 5.27. The van der Waals surface area contributed by atoms with E-state index in [1.807, 2.05) is 36.4 Å². The average molecular weight is 322 g/mol. The molecule has 3 aromatic carbocycles. The molecule has 0 heterocycles. The fourth-order valence-electron chi connectivity index (χ4n) is 4.34. The van der Waals surface area contributed by atoms with E-state index in [4.69, 9.17) is 0 Å². The van der Waals surface area contributed by atoms with Crippen molar-refractivity contribution in [3.05, 3.63) is 106 Å². The molecule has 0 aromatic heterocycles. The molecule has 0 saturated heterocycles. The van der Waals surface area contributed by atoms with E-state index < -0.39 is 11.7 Å². The highest BCUT2D eigenvalue weighted by atomic mass is 19.4. The van der Waals surface area contributed by atoms with Crippen molar-refractivity contribution in [1.29, 1.82) is 0 Å². The first-order chi connectivity index (χ1) is 11.6. The fraction of sp³-hybridized carbons (Fsp3) is 0.143. The lowest BCUT2D eigenvalue weighted by Gasteiger charge is -2.42. The van der Waals surface area contributed by atoms with Gasteiger partial charge in [0.25, 0.3) is 0 Å². The molecule has 2 bridgehead atoms. The van der Waals surface area contributed by atoms with Crippen LogP contribution >= 0.6 is 0 Å². The summed E-state index contributed by atoms with van der Waals surface area (Å²) >= 11 is 0. The SMILES string of the molecule is FC(F)(F)c1ccc2c(c1)C1c3ccccc3C2c2ccccc21. The summed E-state index contributed by atoms with van der Waals surface area (Å²) in [6.45, 7) is 0. The van der Waals surface area contributed by atoms with Crippen LogP contribution in [-0.4, -0.2) is 0 Å². The van der Waals surface area contributed by atoms with Gasteiger partial charge in [-0.1, -0.05) is 54.6 Å². The van der Waals surface area contributed by atoms with Gasteiger partial charge < -0.3 is 0 Å². The molecule has 0 atom stereocenters. The second-order valence-corrected chi connectivity index (χ2v) is 6.47. The molecule has 0 saturated carbocycles. The molecule has 0 fully saturated rings. The van der Waals surface area contributed by atoms with Crippen molar-refractivity contribution in [2.45, 2.75) is 18.0 Å². The average Bonchev–Trinajstić information content (AvgIpc) is 2.60. The Kier molecular flexibility index (Phi) is 2.60. The first-order valence-corrected chi connectivity index (χ1v) is 7.94. The largest absolute Gasteiger partial charge is 0.416 e. The zero-order valence-electron chi connectivity index (χ0n) is 12.6. The van der Waals surface area contributed by atoms with Gasteiger partial charge in [-0.05, 0) is 45.5 Å². The van der Waals surface area contributed by atoms with Crippen molar-refractivity contribution >= 4 is 0 Å². The molecular weight excluding hydrogens is 309 g/mol. The van der Waals surface area contributed by atoms with Gasteiger partial charge in [0.2, 0.25) is 0 Å². The van der Waals surface area contributed by atoms with Gasteiger partial charge in [0.15, 0.2) is 0 Å². The second-order valence-electron chi connectivity index (χ2n) is 6.47. The van der Waals surface area contributed by atoms with Gasteiger partial charge in [-0.3, -0.25) is 0 Å². The number of benzene rings is 3. The maximum absolute atomic E-state index is 13.2. The zero-order valence-corrected chi connectivity index (χ0v) is 12.6. The molecule has 0 radical (unpaired) electrons. The van der Waals surface area contributed by atoms with E-state index in [0.29, 0.717) is 0 Å². The number of hydrogen-bond acceptors (Lipinski definition) is 0. The minimum absolute atomic E-state index is 0.0275. The molecule has 0 unspecified atom stereocenters. The Hall–Kier alpha value is -2.55. The molecule has 118 valence electrons. The van der Waals surface area contributed by atoms with E-state index in [9.17, 15) is 13.2 Å². The Morgan fingerprint density at radius 1 is 0.542 bits per heavy atom. The molecule has 0 amide bonds. The third kappa shape index (κ3) is 1.70. The van der Waals surface area contributed by atoms with E-state index in [-0.39, 0.29) is 11.8 Å². The molecule has 3 heteroatoms. The zero-order chi connectivity index (χ0) is 16.5. The van der Waals surface area contributed by atoms with Crippen LogP contribution in [0.3, 0.4) is 0 Å². The first-order valence-electron chi connectivity index (χ1n) is 7.94. The van der Waals surface area contributed by atoms with Crippen LogP contribution in [0.15, 0.2) is 66.7 Å². The van der Waals surface area contributed by atoms with Crippen LogP contribution in [0.1, 0.15) is 50.8 Å². The number of rotatable bonds is 0. The summed E-state index contributed by atoms with van der Waals surface area (Å²) in [5, 5.41) is 0. The number of hydrogen-bond donors (Lipinski definition) is 0. The van der Waals surface area contributed by atoms with Crippen LogP contribution in [0.4, 0.5) is 13.2 Å². The quantitative estimate of drug-likeness (QED) is 0.343. The van der Waals surface area contributed by atoms with E-state index >= 15 is 0 Å². The smallest absolute Gasteiger partial charge is 0.166 e. The minimum Gasteiger partial charge on any atom is -0.166 e. The van der Waals surface area contributed by atoms with Gasteiger partial charge in [0, 0.05) is 11.8 Å². The summed E-state index contributed by atoms with van der Waals surface area (Å²) in [5.74, 6) is -0.0839. The van der Waals surface area contributed by atoms with Crippen molar-refractivity contribution in [2.75, 3.05) is 0 Å². The van der Waals surface area contributed by atoms with Crippen molar-refractivity contribution in [3.8, 4) is 0 Å². The molecule has 0 aliphatic heterocycles. The highest BCUT2D eigenvalue weighted by Gasteiger charge is 2.42. The van der Waals surface area contributed by atoms with Crippen molar-refractivity contribution in [2.24, 2.45) is 0 Å². The van der Waals surface area contributed by atoms with Crippen LogP contribution in [0, 0.1) is 0 Å². The Labute approximate surface area is 137 Å². The highest BCUT2D eigenvalue weighted by molar-refractivity contribution is 5.68.